The van der Waals surface area contributed by atoms with Crippen LogP contribution in [-0.2, 0) is 0 Å². The van der Waals surface area contributed by atoms with Crippen LogP contribution in [-0.4, -0.2) is 38.3 Å². The van der Waals surface area contributed by atoms with E-state index >= 15 is 0 Å². The number of rotatable bonds is 3. The molecular weight excluding hydrogens is 423 g/mol. The first-order chi connectivity index (χ1) is 15.3. The molecule has 2 aliphatic rings. The minimum absolute atomic E-state index is 0.260. The lowest BCUT2D eigenvalue weighted by atomic mass is 9.80. The van der Waals surface area contributed by atoms with Crippen molar-refractivity contribution in [3.8, 4) is 5.75 Å². The second kappa shape index (κ2) is 7.51. The Morgan fingerprint density at radius 1 is 0.969 bits per heavy atom. The largest absolute Gasteiger partial charge is 0.502 e. The Kier molecular flexibility index (Phi) is 4.76. The van der Waals surface area contributed by atoms with Crippen LogP contribution in [0, 0.1) is 17.5 Å². The van der Waals surface area contributed by atoms with Gasteiger partial charge >= 0.3 is 0 Å². The summed E-state index contributed by atoms with van der Waals surface area (Å²) in [6.07, 6.45) is 2.19. The molecule has 0 aliphatic carbocycles. The summed E-state index contributed by atoms with van der Waals surface area (Å²) in [6, 6.07) is 7.57. The molecule has 2 aliphatic heterocycles. The zero-order valence-corrected chi connectivity index (χ0v) is 16.7. The van der Waals surface area contributed by atoms with Gasteiger partial charge < -0.3 is 10.0 Å². The molecule has 1 saturated heterocycles. The van der Waals surface area contributed by atoms with E-state index in [9.17, 15) is 27.9 Å². The number of carbonyl (C=O) groups is 1. The second-order valence-corrected chi connectivity index (χ2v) is 8.08. The third kappa shape index (κ3) is 3.16. The van der Waals surface area contributed by atoms with Crippen LogP contribution in [0.5, 0.6) is 5.75 Å². The van der Waals surface area contributed by atoms with Crippen LogP contribution in [0.2, 0.25) is 0 Å². The maximum Gasteiger partial charge on any atom is 0.276 e. The van der Waals surface area contributed by atoms with E-state index in [1.165, 1.54) is 41.1 Å². The molecule has 1 N–H and O–H groups in total. The summed E-state index contributed by atoms with van der Waals surface area (Å²) in [5.74, 6) is -4.01. The van der Waals surface area contributed by atoms with E-state index in [-0.39, 0.29) is 11.3 Å². The van der Waals surface area contributed by atoms with Gasteiger partial charge in [0, 0.05) is 18.5 Å². The number of hydrogen-bond donors (Lipinski definition) is 1. The van der Waals surface area contributed by atoms with Crippen molar-refractivity contribution < 1.29 is 23.1 Å². The zero-order chi connectivity index (χ0) is 22.6. The minimum Gasteiger partial charge on any atom is -0.502 e. The lowest BCUT2D eigenvalue weighted by Gasteiger charge is -2.42. The summed E-state index contributed by atoms with van der Waals surface area (Å²) in [6.45, 7) is 0.413. The van der Waals surface area contributed by atoms with Gasteiger partial charge in [-0.05, 0) is 48.2 Å². The topological polar surface area (TPSA) is 75.4 Å². The van der Waals surface area contributed by atoms with Crippen molar-refractivity contribution in [1.82, 2.24) is 14.7 Å². The highest BCUT2D eigenvalue weighted by atomic mass is 19.1. The van der Waals surface area contributed by atoms with Crippen molar-refractivity contribution in [2.45, 2.75) is 30.8 Å². The van der Waals surface area contributed by atoms with Gasteiger partial charge in [-0.3, -0.25) is 14.3 Å². The van der Waals surface area contributed by atoms with Gasteiger partial charge in [-0.25, -0.2) is 13.2 Å². The van der Waals surface area contributed by atoms with Crippen molar-refractivity contribution in [2.75, 3.05) is 6.54 Å². The SMILES string of the molecule is O=C1c2c(O)c(=O)cnn2[C@@H](C(c2ccc(F)cc2)c2cc(F)cc(F)c2)[C@H]2CCCN12. The maximum atomic E-state index is 14.2. The number of benzene rings is 2. The number of carbonyl (C=O) groups excluding carboxylic acids is 1. The smallest absolute Gasteiger partial charge is 0.276 e. The minimum atomic E-state index is -0.795. The lowest BCUT2D eigenvalue weighted by molar-refractivity contribution is 0.0565. The Labute approximate surface area is 180 Å². The molecular formula is C23H18F3N3O3. The van der Waals surface area contributed by atoms with Gasteiger partial charge in [-0.2, -0.15) is 5.10 Å². The molecule has 3 atom stereocenters. The van der Waals surface area contributed by atoms with Gasteiger partial charge in [0.05, 0.1) is 18.3 Å². The molecule has 3 aromatic rings. The highest BCUT2D eigenvalue weighted by molar-refractivity contribution is 5.96. The van der Waals surface area contributed by atoms with Crippen LogP contribution in [0.25, 0.3) is 0 Å². The number of amides is 1. The van der Waals surface area contributed by atoms with Crippen molar-refractivity contribution in [2.24, 2.45) is 0 Å². The van der Waals surface area contributed by atoms with Crippen LogP contribution in [0.4, 0.5) is 13.2 Å². The highest BCUT2D eigenvalue weighted by Crippen LogP contribution is 2.45. The van der Waals surface area contributed by atoms with Crippen LogP contribution in [0.3, 0.4) is 0 Å². The molecule has 9 heteroatoms. The summed E-state index contributed by atoms with van der Waals surface area (Å²) in [5, 5.41) is 14.5. The first-order valence-electron chi connectivity index (χ1n) is 10.2. The fraction of sp³-hybridized carbons (Fsp3) is 0.261. The first kappa shape index (κ1) is 20.3. The molecule has 1 amide bonds. The third-order valence-electron chi connectivity index (χ3n) is 6.24. The van der Waals surface area contributed by atoms with E-state index in [0.717, 1.165) is 12.3 Å². The molecule has 1 aromatic heterocycles. The van der Waals surface area contributed by atoms with Gasteiger partial charge in [0.15, 0.2) is 11.4 Å². The van der Waals surface area contributed by atoms with Gasteiger partial charge in [0.2, 0.25) is 5.43 Å². The van der Waals surface area contributed by atoms with Crippen LogP contribution in [0.15, 0.2) is 53.5 Å². The van der Waals surface area contributed by atoms with E-state index in [0.29, 0.717) is 24.9 Å². The van der Waals surface area contributed by atoms with Gasteiger partial charge in [0.1, 0.15) is 17.5 Å². The Bertz CT molecular complexity index is 1260. The van der Waals surface area contributed by atoms with Crippen molar-refractivity contribution in [3.63, 3.8) is 0 Å². The number of fused-ring (bicyclic) bond motifs is 2. The molecule has 6 nitrogen and oxygen atoms in total. The van der Waals surface area contributed by atoms with E-state index in [1.54, 1.807) is 4.90 Å². The van der Waals surface area contributed by atoms with E-state index in [4.69, 9.17) is 0 Å². The van der Waals surface area contributed by atoms with Crippen molar-refractivity contribution in [3.05, 3.63) is 93.2 Å². The highest BCUT2D eigenvalue weighted by Gasteiger charge is 2.48. The third-order valence-corrected chi connectivity index (χ3v) is 6.24. The fourth-order valence-electron chi connectivity index (χ4n) is 4.96. The molecule has 1 unspecified atom stereocenters. The summed E-state index contributed by atoms with van der Waals surface area (Å²) >= 11 is 0. The number of hydrogen-bond acceptors (Lipinski definition) is 4. The second-order valence-electron chi connectivity index (χ2n) is 8.08. The predicted molar refractivity (Wildman–Crippen MR) is 108 cm³/mol. The number of aromatic hydroxyl groups is 1. The fourth-order valence-corrected chi connectivity index (χ4v) is 4.96. The molecule has 2 aromatic carbocycles. The summed E-state index contributed by atoms with van der Waals surface area (Å²) in [4.78, 5) is 26.7. The maximum absolute atomic E-state index is 14.2. The molecule has 0 bridgehead atoms. The van der Waals surface area contributed by atoms with Gasteiger partial charge in [-0.15, -0.1) is 0 Å². The molecule has 0 spiro atoms. The summed E-state index contributed by atoms with van der Waals surface area (Å²) in [5.41, 5.74) is -0.236. The zero-order valence-electron chi connectivity index (χ0n) is 16.7. The monoisotopic (exact) mass is 441 g/mol. The summed E-state index contributed by atoms with van der Waals surface area (Å²) < 4.78 is 43.4. The van der Waals surface area contributed by atoms with E-state index in [1.807, 2.05) is 0 Å². The van der Waals surface area contributed by atoms with Crippen LogP contribution in [0.1, 0.15) is 46.4 Å². The average Bonchev–Trinajstić information content (AvgIpc) is 3.23. The number of halogens is 3. The van der Waals surface area contributed by atoms with Gasteiger partial charge in [0.25, 0.3) is 5.91 Å². The average molecular weight is 441 g/mol. The van der Waals surface area contributed by atoms with Crippen LogP contribution < -0.4 is 5.43 Å². The number of nitrogens with zero attached hydrogens (tertiary/aromatic N) is 3. The number of aromatic nitrogens is 2. The summed E-state index contributed by atoms with van der Waals surface area (Å²) in [7, 11) is 0. The Hall–Kier alpha value is -3.62. The van der Waals surface area contributed by atoms with Crippen molar-refractivity contribution >= 4 is 5.91 Å². The van der Waals surface area contributed by atoms with E-state index < -0.39 is 52.5 Å². The van der Waals surface area contributed by atoms with E-state index in [2.05, 4.69) is 5.10 Å². The molecule has 5 rings (SSSR count). The molecule has 3 heterocycles. The molecule has 1 fully saturated rings. The molecule has 32 heavy (non-hydrogen) atoms. The normalized spacial score (nSPS) is 20.7. The Balaban J connectivity index is 1.79. The van der Waals surface area contributed by atoms with Crippen molar-refractivity contribution in [1.29, 1.82) is 0 Å². The molecule has 0 radical (unpaired) electrons. The molecule has 0 saturated carbocycles. The standard InChI is InChI=1S/C23H18F3N3O3/c24-14-5-3-12(4-6-14)19(13-8-15(25)10-16(26)9-13)20-17-2-1-7-28(17)23(32)21-22(31)18(30)11-27-29(20)21/h3-6,8-11,17,19-20,31H,1-2,7H2/t17-,19?,20-/m1/s1. The Morgan fingerprint density at radius 2 is 1.66 bits per heavy atom. The predicted octanol–water partition coefficient (Wildman–Crippen LogP) is 3.36. The lowest BCUT2D eigenvalue weighted by Crippen LogP contribution is -2.50. The van der Waals surface area contributed by atoms with Crippen LogP contribution >= 0.6 is 0 Å². The first-order valence-corrected chi connectivity index (χ1v) is 10.2. The quantitative estimate of drug-likeness (QED) is 0.677. The Morgan fingerprint density at radius 3 is 2.34 bits per heavy atom. The van der Waals surface area contributed by atoms with Gasteiger partial charge in [-0.1, -0.05) is 12.1 Å². The molecule has 164 valence electrons.